The van der Waals surface area contributed by atoms with Crippen molar-refractivity contribution in [2.45, 2.75) is 19.3 Å². The molecule has 8 aromatic carbocycles. The summed E-state index contributed by atoms with van der Waals surface area (Å²) in [6.45, 7) is 4.65. The minimum absolute atomic E-state index is 0.175. The van der Waals surface area contributed by atoms with Gasteiger partial charge in [0.15, 0.2) is 5.58 Å². The normalized spacial score (nSPS) is 13.1. The van der Waals surface area contributed by atoms with E-state index in [-0.39, 0.29) is 5.41 Å². The van der Waals surface area contributed by atoms with E-state index in [0.29, 0.717) is 5.89 Å². The zero-order chi connectivity index (χ0) is 34.1. The number of hydrogen-bond acceptors (Lipinski definition) is 3. The molecule has 1 aromatic heterocycles. The molecule has 9 aromatic rings. The van der Waals surface area contributed by atoms with Crippen molar-refractivity contribution < 1.29 is 4.42 Å². The molecule has 242 valence electrons. The van der Waals surface area contributed by atoms with Crippen molar-refractivity contribution in [3.05, 3.63) is 181 Å². The van der Waals surface area contributed by atoms with E-state index in [1.54, 1.807) is 0 Å². The van der Waals surface area contributed by atoms with Crippen LogP contribution in [0.1, 0.15) is 25.0 Å². The second kappa shape index (κ2) is 11.3. The molecule has 0 bridgehead atoms. The molecule has 0 N–H and O–H groups in total. The van der Waals surface area contributed by atoms with Gasteiger partial charge >= 0.3 is 0 Å². The zero-order valence-corrected chi connectivity index (χ0v) is 28.5. The summed E-state index contributed by atoms with van der Waals surface area (Å²) in [5.41, 5.74) is 13.4. The summed E-state index contributed by atoms with van der Waals surface area (Å²) in [5.74, 6) is 0.655. The third-order valence-electron chi connectivity index (χ3n) is 10.6. The third-order valence-corrected chi connectivity index (χ3v) is 10.6. The highest BCUT2D eigenvalue weighted by Gasteiger charge is 2.37. The molecular formula is C48H34N2O. The average Bonchev–Trinajstić information content (AvgIpc) is 3.70. The second-order valence-corrected chi connectivity index (χ2v) is 14.0. The van der Waals surface area contributed by atoms with Crippen molar-refractivity contribution >= 4 is 49.7 Å². The van der Waals surface area contributed by atoms with Gasteiger partial charge in [0.05, 0.1) is 0 Å². The molecule has 0 atom stereocenters. The zero-order valence-electron chi connectivity index (χ0n) is 28.5. The molecule has 3 nitrogen and oxygen atoms in total. The smallest absolute Gasteiger partial charge is 0.227 e. The van der Waals surface area contributed by atoms with Crippen molar-refractivity contribution in [3.8, 4) is 33.7 Å². The first kappa shape index (κ1) is 29.5. The molecule has 0 fully saturated rings. The van der Waals surface area contributed by atoms with E-state index in [1.807, 2.05) is 30.3 Å². The van der Waals surface area contributed by atoms with E-state index in [4.69, 9.17) is 9.40 Å². The molecule has 10 rings (SSSR count). The van der Waals surface area contributed by atoms with Gasteiger partial charge in [0.2, 0.25) is 5.89 Å². The number of hydrogen-bond donors (Lipinski definition) is 0. The first-order chi connectivity index (χ1) is 25.0. The lowest BCUT2D eigenvalue weighted by molar-refractivity contribution is 0.619. The minimum atomic E-state index is -0.175. The number of anilines is 3. The predicted octanol–water partition coefficient (Wildman–Crippen LogP) is 13.2. The largest absolute Gasteiger partial charge is 0.436 e. The Kier molecular flexibility index (Phi) is 6.53. The molecular weight excluding hydrogens is 621 g/mol. The van der Waals surface area contributed by atoms with E-state index in [1.165, 1.54) is 54.9 Å². The summed E-state index contributed by atoms with van der Waals surface area (Å²) < 4.78 is 6.36. The van der Waals surface area contributed by atoms with Crippen LogP contribution in [0.25, 0.3) is 66.4 Å². The Morgan fingerprint density at radius 2 is 1.02 bits per heavy atom. The maximum Gasteiger partial charge on any atom is 0.227 e. The van der Waals surface area contributed by atoms with Crippen LogP contribution in [-0.2, 0) is 5.41 Å². The monoisotopic (exact) mass is 654 g/mol. The molecule has 0 amide bonds. The summed E-state index contributed by atoms with van der Waals surface area (Å²) >= 11 is 0. The number of para-hydroxylation sites is 1. The van der Waals surface area contributed by atoms with Crippen molar-refractivity contribution in [1.82, 2.24) is 4.98 Å². The SMILES string of the molecule is CC1(C)c2cc3ccc4ccc(N(c5ccccc5)c5ccc(-c6ccccc6)cc5)cc4c3cc2-c2cc3oc(-c4ccccc4)nc3cc21. The van der Waals surface area contributed by atoms with Gasteiger partial charge in [-0.2, -0.15) is 0 Å². The van der Waals surface area contributed by atoms with Gasteiger partial charge in [-0.05, 0) is 128 Å². The fraction of sp³-hybridized carbons (Fsp3) is 0.0625. The Labute approximate surface area is 297 Å². The van der Waals surface area contributed by atoms with E-state index < -0.39 is 0 Å². The summed E-state index contributed by atoms with van der Waals surface area (Å²) in [5, 5.41) is 4.93. The Hall–Kier alpha value is -6.45. The van der Waals surface area contributed by atoms with Gasteiger partial charge in [-0.1, -0.05) is 111 Å². The fourth-order valence-corrected chi connectivity index (χ4v) is 7.99. The first-order valence-electron chi connectivity index (χ1n) is 17.5. The molecule has 1 aliphatic carbocycles. The standard InChI is InChI=1S/C48H34N2O/c1-48(2)43-26-35-19-18-33-22-25-38(50(36-16-10-5-11-17-36)37-23-20-32(21-24-37)31-12-6-3-7-13-31)27-39(33)40(35)28-41(43)42-29-46-45(30-44(42)48)49-47(51-46)34-14-8-4-9-15-34/h3-30H,1-2H3. The Morgan fingerprint density at radius 3 is 1.76 bits per heavy atom. The Balaban J connectivity index is 1.13. The van der Waals surface area contributed by atoms with E-state index in [2.05, 4.69) is 158 Å². The number of nitrogens with zero attached hydrogens (tertiary/aromatic N) is 2. The average molecular weight is 655 g/mol. The van der Waals surface area contributed by atoms with Gasteiger partial charge in [-0.25, -0.2) is 4.98 Å². The first-order valence-corrected chi connectivity index (χ1v) is 17.5. The number of oxazole rings is 1. The van der Waals surface area contributed by atoms with Crippen LogP contribution >= 0.6 is 0 Å². The number of rotatable bonds is 5. The summed E-state index contributed by atoms with van der Waals surface area (Å²) in [4.78, 5) is 7.26. The molecule has 0 unspecified atom stereocenters. The van der Waals surface area contributed by atoms with Crippen LogP contribution in [-0.4, -0.2) is 4.98 Å². The Bertz CT molecular complexity index is 2750. The van der Waals surface area contributed by atoms with E-state index in [9.17, 15) is 0 Å². The summed E-state index contributed by atoms with van der Waals surface area (Å²) in [6.07, 6.45) is 0. The molecule has 0 spiro atoms. The highest BCUT2D eigenvalue weighted by atomic mass is 16.3. The van der Waals surface area contributed by atoms with Gasteiger partial charge in [0, 0.05) is 28.0 Å². The van der Waals surface area contributed by atoms with Crippen LogP contribution in [0.3, 0.4) is 0 Å². The predicted molar refractivity (Wildman–Crippen MR) is 212 cm³/mol. The van der Waals surface area contributed by atoms with Gasteiger partial charge in [0.1, 0.15) is 5.52 Å². The van der Waals surface area contributed by atoms with E-state index >= 15 is 0 Å². The molecule has 0 radical (unpaired) electrons. The van der Waals surface area contributed by atoms with Gasteiger partial charge in [-0.15, -0.1) is 0 Å². The van der Waals surface area contributed by atoms with Crippen LogP contribution in [0.15, 0.2) is 174 Å². The number of aromatic nitrogens is 1. The van der Waals surface area contributed by atoms with E-state index in [0.717, 1.165) is 33.7 Å². The lowest BCUT2D eigenvalue weighted by Gasteiger charge is -2.26. The molecule has 51 heavy (non-hydrogen) atoms. The number of benzene rings is 8. The Morgan fingerprint density at radius 1 is 0.471 bits per heavy atom. The maximum atomic E-state index is 6.36. The molecule has 0 aliphatic heterocycles. The highest BCUT2D eigenvalue weighted by Crippen LogP contribution is 2.52. The van der Waals surface area contributed by atoms with Gasteiger partial charge in [0.25, 0.3) is 0 Å². The van der Waals surface area contributed by atoms with Crippen LogP contribution in [0, 0.1) is 0 Å². The van der Waals surface area contributed by atoms with Crippen LogP contribution in [0.4, 0.5) is 17.1 Å². The van der Waals surface area contributed by atoms with Crippen molar-refractivity contribution in [2.75, 3.05) is 4.90 Å². The fourth-order valence-electron chi connectivity index (χ4n) is 7.99. The molecule has 0 saturated heterocycles. The van der Waals surface area contributed by atoms with Crippen molar-refractivity contribution in [2.24, 2.45) is 0 Å². The quantitative estimate of drug-likeness (QED) is 0.173. The molecule has 0 saturated carbocycles. The lowest BCUT2D eigenvalue weighted by Crippen LogP contribution is -2.14. The van der Waals surface area contributed by atoms with Crippen LogP contribution in [0.5, 0.6) is 0 Å². The van der Waals surface area contributed by atoms with Crippen molar-refractivity contribution in [3.63, 3.8) is 0 Å². The summed E-state index contributed by atoms with van der Waals surface area (Å²) in [6, 6.07) is 60.8. The molecule has 3 heteroatoms. The van der Waals surface area contributed by atoms with Gasteiger partial charge < -0.3 is 9.32 Å². The third kappa shape index (κ3) is 4.77. The van der Waals surface area contributed by atoms with Crippen molar-refractivity contribution in [1.29, 1.82) is 0 Å². The van der Waals surface area contributed by atoms with Gasteiger partial charge in [-0.3, -0.25) is 0 Å². The molecule has 1 heterocycles. The van der Waals surface area contributed by atoms with Crippen LogP contribution < -0.4 is 4.90 Å². The second-order valence-electron chi connectivity index (χ2n) is 14.0. The lowest BCUT2D eigenvalue weighted by atomic mass is 9.81. The topological polar surface area (TPSA) is 29.3 Å². The summed E-state index contributed by atoms with van der Waals surface area (Å²) in [7, 11) is 0. The number of fused-ring (bicyclic) bond motifs is 7. The van der Waals surface area contributed by atoms with Crippen LogP contribution in [0.2, 0.25) is 0 Å². The highest BCUT2D eigenvalue weighted by molar-refractivity contribution is 6.11. The molecule has 1 aliphatic rings. The minimum Gasteiger partial charge on any atom is -0.436 e. The maximum absolute atomic E-state index is 6.36.